The molecule has 2 rings (SSSR count). The maximum atomic E-state index is 12.5. The molecule has 1 heterocycles. The van der Waals surface area contributed by atoms with Crippen LogP contribution in [0.1, 0.15) is 17.5 Å². The Hall–Kier alpha value is -2.25. The van der Waals surface area contributed by atoms with Crippen LogP contribution in [0, 0.1) is 6.92 Å². The number of carbonyl (C=O) groups is 2. The second kappa shape index (κ2) is 8.22. The molecule has 8 heteroatoms. The van der Waals surface area contributed by atoms with Crippen LogP contribution in [0.5, 0.6) is 0 Å². The molecule has 25 heavy (non-hydrogen) atoms. The number of carbonyl (C=O) groups excluding carboxylic acids is 2. The van der Waals surface area contributed by atoms with Crippen LogP contribution in [0.2, 0.25) is 0 Å². The monoisotopic (exact) mass is 357 g/mol. The Bertz CT molecular complexity index is 594. The Balaban J connectivity index is 1.73. The zero-order valence-corrected chi connectivity index (χ0v) is 13.7. The van der Waals surface area contributed by atoms with Crippen LogP contribution in [-0.4, -0.2) is 54.6 Å². The van der Waals surface area contributed by atoms with Crippen molar-refractivity contribution in [1.29, 1.82) is 0 Å². The number of hydrogen-bond donors (Lipinski definition) is 0. The number of amides is 2. The maximum Gasteiger partial charge on any atom is 0.416 e. The summed E-state index contributed by atoms with van der Waals surface area (Å²) in [5.41, 5.74) is -0.0467. The van der Waals surface area contributed by atoms with Gasteiger partial charge in [-0.25, -0.2) is 4.79 Å². The third kappa shape index (κ3) is 5.37. The van der Waals surface area contributed by atoms with E-state index in [0.29, 0.717) is 38.2 Å². The molecule has 0 bridgehead atoms. The predicted octanol–water partition coefficient (Wildman–Crippen LogP) is 2.75. The number of halogens is 3. The van der Waals surface area contributed by atoms with Crippen molar-refractivity contribution < 1.29 is 27.5 Å². The topological polar surface area (TPSA) is 49.9 Å². The highest BCUT2D eigenvalue weighted by Crippen LogP contribution is 2.29. The SMILES string of the molecule is [CH2]CC(=O)N1CCN(C(=O)OCCc2ccc(C(F)(F)F)cc2)CC1. The molecule has 0 N–H and O–H groups in total. The van der Waals surface area contributed by atoms with E-state index in [0.717, 1.165) is 12.1 Å². The van der Waals surface area contributed by atoms with Crippen LogP contribution in [0.25, 0.3) is 0 Å². The van der Waals surface area contributed by atoms with Crippen LogP contribution >= 0.6 is 0 Å². The van der Waals surface area contributed by atoms with Crippen molar-refractivity contribution in [3.05, 3.63) is 42.3 Å². The highest BCUT2D eigenvalue weighted by molar-refractivity contribution is 5.77. The van der Waals surface area contributed by atoms with Gasteiger partial charge in [0.15, 0.2) is 0 Å². The van der Waals surface area contributed by atoms with Crippen molar-refractivity contribution in [3.8, 4) is 0 Å². The average Bonchev–Trinajstić information content (AvgIpc) is 2.60. The van der Waals surface area contributed by atoms with E-state index >= 15 is 0 Å². The van der Waals surface area contributed by atoms with Gasteiger partial charge < -0.3 is 14.5 Å². The lowest BCUT2D eigenvalue weighted by Gasteiger charge is -2.34. The van der Waals surface area contributed by atoms with Gasteiger partial charge in [-0.15, -0.1) is 0 Å². The Morgan fingerprint density at radius 3 is 2.12 bits per heavy atom. The number of ether oxygens (including phenoxy) is 1. The summed E-state index contributed by atoms with van der Waals surface area (Å²) in [7, 11) is 0. The van der Waals surface area contributed by atoms with E-state index in [1.807, 2.05) is 0 Å². The largest absolute Gasteiger partial charge is 0.449 e. The summed E-state index contributed by atoms with van der Waals surface area (Å²) < 4.78 is 42.6. The molecule has 1 aliphatic heterocycles. The summed E-state index contributed by atoms with van der Waals surface area (Å²) in [6.07, 6.45) is -4.31. The first-order chi connectivity index (χ1) is 11.8. The highest BCUT2D eigenvalue weighted by atomic mass is 19.4. The molecule has 0 saturated carbocycles. The first-order valence-corrected chi connectivity index (χ1v) is 7.96. The van der Waals surface area contributed by atoms with Gasteiger partial charge in [0.2, 0.25) is 5.91 Å². The standard InChI is InChI=1S/C17H20F3N2O3/c1-2-15(23)21-8-10-22(11-9-21)16(24)25-12-7-13-3-5-14(6-4-13)17(18,19)20/h3-6H,1-2,7-12H2. The first kappa shape index (κ1) is 19.1. The van der Waals surface area contributed by atoms with Gasteiger partial charge in [-0.1, -0.05) is 12.1 Å². The average molecular weight is 357 g/mol. The molecule has 1 aliphatic rings. The highest BCUT2D eigenvalue weighted by Gasteiger charge is 2.30. The second-order valence-electron chi connectivity index (χ2n) is 5.68. The third-order valence-corrected chi connectivity index (χ3v) is 4.00. The second-order valence-corrected chi connectivity index (χ2v) is 5.68. The molecule has 0 atom stereocenters. The van der Waals surface area contributed by atoms with E-state index in [9.17, 15) is 22.8 Å². The Kier molecular flexibility index (Phi) is 6.27. The predicted molar refractivity (Wildman–Crippen MR) is 84.6 cm³/mol. The van der Waals surface area contributed by atoms with E-state index in [-0.39, 0.29) is 18.9 Å². The van der Waals surface area contributed by atoms with Gasteiger partial charge in [0, 0.05) is 39.0 Å². The fourth-order valence-corrected chi connectivity index (χ4v) is 2.50. The number of alkyl halides is 3. The molecule has 0 unspecified atom stereocenters. The van der Waals surface area contributed by atoms with E-state index in [2.05, 4.69) is 6.92 Å². The molecule has 137 valence electrons. The van der Waals surface area contributed by atoms with E-state index in [4.69, 9.17) is 4.74 Å². The minimum absolute atomic E-state index is 0.0460. The van der Waals surface area contributed by atoms with Crippen molar-refractivity contribution in [1.82, 2.24) is 9.80 Å². The number of hydrogen-bond acceptors (Lipinski definition) is 3. The minimum Gasteiger partial charge on any atom is -0.449 e. The fraction of sp³-hybridized carbons (Fsp3) is 0.471. The summed E-state index contributed by atoms with van der Waals surface area (Å²) >= 11 is 0. The van der Waals surface area contributed by atoms with Crippen molar-refractivity contribution in [2.75, 3.05) is 32.8 Å². The third-order valence-electron chi connectivity index (χ3n) is 4.00. The summed E-state index contributed by atoms with van der Waals surface area (Å²) in [4.78, 5) is 26.6. The Morgan fingerprint density at radius 2 is 1.60 bits per heavy atom. The summed E-state index contributed by atoms with van der Waals surface area (Å²) in [6, 6.07) is 4.77. The molecule has 0 aliphatic carbocycles. The zero-order chi connectivity index (χ0) is 18.4. The van der Waals surface area contributed by atoms with Gasteiger partial charge in [-0.3, -0.25) is 4.79 Å². The van der Waals surface area contributed by atoms with Crippen molar-refractivity contribution >= 4 is 12.0 Å². The van der Waals surface area contributed by atoms with Gasteiger partial charge in [0.25, 0.3) is 0 Å². The number of rotatable bonds is 4. The van der Waals surface area contributed by atoms with Crippen molar-refractivity contribution in [3.63, 3.8) is 0 Å². The number of piperazine rings is 1. The number of benzene rings is 1. The van der Waals surface area contributed by atoms with Crippen LogP contribution in [0.3, 0.4) is 0 Å². The van der Waals surface area contributed by atoms with Crippen LogP contribution in [0.15, 0.2) is 24.3 Å². The molecule has 1 saturated heterocycles. The molecule has 1 radical (unpaired) electrons. The van der Waals surface area contributed by atoms with Gasteiger partial charge >= 0.3 is 12.3 Å². The molecular weight excluding hydrogens is 337 g/mol. The Morgan fingerprint density at radius 1 is 1.04 bits per heavy atom. The maximum absolute atomic E-state index is 12.5. The smallest absolute Gasteiger partial charge is 0.416 e. The molecule has 0 spiro atoms. The van der Waals surface area contributed by atoms with Gasteiger partial charge in [0.05, 0.1) is 12.2 Å². The van der Waals surface area contributed by atoms with Crippen LogP contribution in [0.4, 0.5) is 18.0 Å². The zero-order valence-electron chi connectivity index (χ0n) is 13.7. The van der Waals surface area contributed by atoms with Crippen LogP contribution < -0.4 is 0 Å². The lowest BCUT2D eigenvalue weighted by molar-refractivity contribution is -0.137. The first-order valence-electron chi connectivity index (χ1n) is 7.96. The molecule has 5 nitrogen and oxygen atoms in total. The van der Waals surface area contributed by atoms with Gasteiger partial charge in [0.1, 0.15) is 0 Å². The Labute approximate surface area is 144 Å². The van der Waals surface area contributed by atoms with Crippen molar-refractivity contribution in [2.45, 2.75) is 19.0 Å². The molecule has 0 aromatic heterocycles. The van der Waals surface area contributed by atoms with Crippen molar-refractivity contribution in [2.24, 2.45) is 0 Å². The lowest BCUT2D eigenvalue weighted by Crippen LogP contribution is -2.50. The van der Waals surface area contributed by atoms with E-state index in [1.165, 1.54) is 17.0 Å². The molecule has 1 fully saturated rings. The molecule has 1 aromatic rings. The summed E-state index contributed by atoms with van der Waals surface area (Å²) in [5.74, 6) is -0.0460. The number of nitrogens with zero attached hydrogens (tertiary/aromatic N) is 2. The molecular formula is C17H20F3N2O3. The van der Waals surface area contributed by atoms with E-state index < -0.39 is 17.8 Å². The van der Waals surface area contributed by atoms with Gasteiger partial charge in [-0.05, 0) is 24.6 Å². The quantitative estimate of drug-likeness (QED) is 0.833. The fourth-order valence-electron chi connectivity index (χ4n) is 2.50. The summed E-state index contributed by atoms with van der Waals surface area (Å²) in [6.45, 7) is 5.31. The minimum atomic E-state index is -4.36. The summed E-state index contributed by atoms with van der Waals surface area (Å²) in [5, 5.41) is 0. The van der Waals surface area contributed by atoms with Crippen LogP contribution in [-0.2, 0) is 22.1 Å². The van der Waals surface area contributed by atoms with Gasteiger partial charge in [-0.2, -0.15) is 13.2 Å². The normalized spacial score (nSPS) is 15.2. The van der Waals surface area contributed by atoms with E-state index in [1.54, 1.807) is 4.90 Å². The molecule has 1 aromatic carbocycles. The lowest BCUT2D eigenvalue weighted by atomic mass is 10.1. The molecule has 2 amide bonds.